The number of halogens is 2. The lowest BCUT2D eigenvalue weighted by Crippen LogP contribution is -2.36. The maximum Gasteiger partial charge on any atom is 0.333 e. The highest BCUT2D eigenvalue weighted by Gasteiger charge is 2.34. The molecule has 1 amide bonds. The number of nitrogens with one attached hydrogen (secondary N) is 1. The molecule has 4 nitrogen and oxygen atoms in total. The number of amides is 1. The van der Waals surface area contributed by atoms with Gasteiger partial charge in [0.2, 0.25) is 5.91 Å². The number of benzene rings is 1. The van der Waals surface area contributed by atoms with Crippen LogP contribution in [0.2, 0.25) is 0 Å². The number of esters is 1. The lowest BCUT2D eigenvalue weighted by molar-refractivity contribution is -0.145. The van der Waals surface area contributed by atoms with Crippen molar-refractivity contribution in [2.24, 2.45) is 5.92 Å². The van der Waals surface area contributed by atoms with Gasteiger partial charge in [0, 0.05) is 11.5 Å². The molecule has 0 radical (unpaired) electrons. The molecular weight excluding hydrogens is 256 g/mol. The van der Waals surface area contributed by atoms with Crippen molar-refractivity contribution >= 4 is 11.9 Å². The average molecular weight is 269 g/mol. The number of carbonyl (C=O) groups is 2. The van der Waals surface area contributed by atoms with Gasteiger partial charge in [0.25, 0.3) is 0 Å². The van der Waals surface area contributed by atoms with Crippen LogP contribution in [0.4, 0.5) is 8.78 Å². The Morgan fingerprint density at radius 2 is 2.05 bits per heavy atom. The van der Waals surface area contributed by atoms with Gasteiger partial charge in [-0.1, -0.05) is 0 Å². The molecule has 102 valence electrons. The Labute approximate surface area is 108 Å². The third-order valence-corrected chi connectivity index (χ3v) is 2.94. The summed E-state index contributed by atoms with van der Waals surface area (Å²) in [6.07, 6.45) is 1.48. The third-order valence-electron chi connectivity index (χ3n) is 2.94. The van der Waals surface area contributed by atoms with Gasteiger partial charge in [0.1, 0.15) is 11.6 Å². The molecule has 2 rings (SSSR count). The van der Waals surface area contributed by atoms with Crippen LogP contribution in [-0.2, 0) is 14.3 Å². The molecule has 1 aromatic carbocycles. The lowest BCUT2D eigenvalue weighted by Gasteiger charge is -2.17. The minimum atomic E-state index is -1.33. The molecule has 1 N–H and O–H groups in total. The number of methoxy groups -OCH3 is 1. The molecule has 0 heterocycles. The van der Waals surface area contributed by atoms with Crippen molar-refractivity contribution < 1.29 is 23.1 Å². The van der Waals surface area contributed by atoms with Crippen molar-refractivity contribution in [3.05, 3.63) is 35.4 Å². The smallest absolute Gasteiger partial charge is 0.333 e. The van der Waals surface area contributed by atoms with Crippen LogP contribution in [-0.4, -0.2) is 19.0 Å². The largest absolute Gasteiger partial charge is 0.467 e. The molecule has 0 unspecified atom stereocenters. The first kappa shape index (κ1) is 13.5. The van der Waals surface area contributed by atoms with Crippen LogP contribution in [0.5, 0.6) is 0 Å². The summed E-state index contributed by atoms with van der Waals surface area (Å²) in [7, 11) is 1.12. The van der Waals surface area contributed by atoms with E-state index in [2.05, 4.69) is 10.1 Å². The standard InChI is InChI=1S/C13H13F2NO3/c1-19-13(18)11(16-12(17)7-2-3-7)9-6-8(14)4-5-10(9)15/h4-7,11H,2-3H2,1H3,(H,16,17)/t11-/m0/s1. The van der Waals surface area contributed by atoms with Crippen LogP contribution in [0.3, 0.4) is 0 Å². The van der Waals surface area contributed by atoms with Gasteiger partial charge in [-0.05, 0) is 31.0 Å². The molecule has 0 aliphatic heterocycles. The van der Waals surface area contributed by atoms with Crippen LogP contribution in [0.1, 0.15) is 24.4 Å². The van der Waals surface area contributed by atoms with Crippen molar-refractivity contribution in [2.45, 2.75) is 18.9 Å². The molecule has 1 fully saturated rings. The number of rotatable bonds is 4. The van der Waals surface area contributed by atoms with Crippen molar-refractivity contribution in [1.82, 2.24) is 5.32 Å². The zero-order valence-electron chi connectivity index (χ0n) is 10.3. The van der Waals surface area contributed by atoms with Gasteiger partial charge in [-0.2, -0.15) is 0 Å². The first-order chi connectivity index (χ1) is 9.02. The Hall–Kier alpha value is -1.98. The number of hydrogen-bond donors (Lipinski definition) is 1. The highest BCUT2D eigenvalue weighted by molar-refractivity contribution is 5.87. The summed E-state index contributed by atoms with van der Waals surface area (Å²) in [4.78, 5) is 23.3. The summed E-state index contributed by atoms with van der Waals surface area (Å²) in [6, 6.07) is 1.40. The lowest BCUT2D eigenvalue weighted by atomic mass is 10.1. The first-order valence-corrected chi connectivity index (χ1v) is 5.86. The Balaban J connectivity index is 2.27. The summed E-state index contributed by atoms with van der Waals surface area (Å²) >= 11 is 0. The maximum atomic E-state index is 13.7. The van der Waals surface area contributed by atoms with E-state index in [1.165, 1.54) is 0 Å². The second-order valence-corrected chi connectivity index (χ2v) is 4.40. The topological polar surface area (TPSA) is 55.4 Å². The van der Waals surface area contributed by atoms with Gasteiger partial charge in [-0.25, -0.2) is 13.6 Å². The van der Waals surface area contributed by atoms with E-state index in [1.807, 2.05) is 0 Å². The first-order valence-electron chi connectivity index (χ1n) is 5.86. The summed E-state index contributed by atoms with van der Waals surface area (Å²) in [6.45, 7) is 0. The van der Waals surface area contributed by atoms with Crippen LogP contribution in [0, 0.1) is 17.6 Å². The molecule has 19 heavy (non-hydrogen) atoms. The van der Waals surface area contributed by atoms with E-state index in [-0.39, 0.29) is 17.4 Å². The highest BCUT2D eigenvalue weighted by atomic mass is 19.1. The quantitative estimate of drug-likeness (QED) is 0.846. The molecule has 0 spiro atoms. The van der Waals surface area contributed by atoms with Crippen LogP contribution in [0.25, 0.3) is 0 Å². The van der Waals surface area contributed by atoms with Gasteiger partial charge in [0.05, 0.1) is 7.11 Å². The molecule has 1 aromatic rings. The molecule has 1 aliphatic carbocycles. The average Bonchev–Trinajstić information content (AvgIpc) is 3.22. The molecule has 0 bridgehead atoms. The van der Waals surface area contributed by atoms with Crippen molar-refractivity contribution in [3.63, 3.8) is 0 Å². The highest BCUT2D eigenvalue weighted by Crippen LogP contribution is 2.30. The summed E-state index contributed by atoms with van der Waals surface area (Å²) in [5, 5.41) is 2.39. The predicted octanol–water partition coefficient (Wildman–Crippen LogP) is 1.71. The molecule has 6 heteroatoms. The van der Waals surface area contributed by atoms with Gasteiger partial charge in [0.15, 0.2) is 6.04 Å². The molecule has 1 aliphatic rings. The van der Waals surface area contributed by atoms with E-state index in [0.29, 0.717) is 0 Å². The van der Waals surface area contributed by atoms with E-state index >= 15 is 0 Å². The minimum absolute atomic E-state index is 0.149. The van der Waals surface area contributed by atoms with Crippen molar-refractivity contribution in [3.8, 4) is 0 Å². The van der Waals surface area contributed by atoms with Gasteiger partial charge in [-0.15, -0.1) is 0 Å². The van der Waals surface area contributed by atoms with E-state index in [4.69, 9.17) is 0 Å². The zero-order chi connectivity index (χ0) is 14.0. The Bertz CT molecular complexity index is 515. The van der Waals surface area contributed by atoms with E-state index < -0.39 is 23.6 Å². The summed E-state index contributed by atoms with van der Waals surface area (Å²) in [5.74, 6) is -2.79. The second kappa shape index (κ2) is 5.34. The Kier molecular flexibility index (Phi) is 3.78. The van der Waals surface area contributed by atoms with Gasteiger partial charge in [-0.3, -0.25) is 4.79 Å². The monoisotopic (exact) mass is 269 g/mol. The number of ether oxygens (including phenoxy) is 1. The molecule has 1 atom stereocenters. The number of carbonyl (C=O) groups excluding carboxylic acids is 2. The van der Waals surface area contributed by atoms with E-state index in [1.54, 1.807) is 0 Å². The predicted molar refractivity (Wildman–Crippen MR) is 62.0 cm³/mol. The van der Waals surface area contributed by atoms with E-state index in [9.17, 15) is 18.4 Å². The number of hydrogen-bond acceptors (Lipinski definition) is 3. The van der Waals surface area contributed by atoms with Gasteiger partial charge < -0.3 is 10.1 Å². The molecule has 0 saturated heterocycles. The normalized spacial score (nSPS) is 15.7. The minimum Gasteiger partial charge on any atom is -0.467 e. The van der Waals surface area contributed by atoms with Crippen LogP contribution >= 0.6 is 0 Å². The summed E-state index contributed by atoms with van der Waals surface area (Å²) < 4.78 is 31.3. The Morgan fingerprint density at radius 3 is 2.63 bits per heavy atom. The van der Waals surface area contributed by atoms with E-state index in [0.717, 1.165) is 38.2 Å². The second-order valence-electron chi connectivity index (χ2n) is 4.40. The zero-order valence-corrected chi connectivity index (χ0v) is 10.3. The SMILES string of the molecule is COC(=O)[C@@H](NC(=O)C1CC1)c1cc(F)ccc1F. The fraction of sp³-hybridized carbons (Fsp3) is 0.385. The maximum absolute atomic E-state index is 13.7. The van der Waals surface area contributed by atoms with Crippen LogP contribution in [0.15, 0.2) is 18.2 Å². The fourth-order valence-electron chi connectivity index (χ4n) is 1.72. The fourth-order valence-corrected chi connectivity index (χ4v) is 1.72. The molecular formula is C13H13F2NO3. The van der Waals surface area contributed by atoms with Crippen LogP contribution < -0.4 is 5.32 Å². The van der Waals surface area contributed by atoms with Crippen molar-refractivity contribution in [2.75, 3.05) is 7.11 Å². The molecule has 0 aromatic heterocycles. The van der Waals surface area contributed by atoms with Crippen molar-refractivity contribution in [1.29, 1.82) is 0 Å². The Morgan fingerprint density at radius 1 is 1.37 bits per heavy atom. The third kappa shape index (κ3) is 3.07. The van der Waals surface area contributed by atoms with Gasteiger partial charge >= 0.3 is 5.97 Å². The molecule has 1 saturated carbocycles. The summed E-state index contributed by atoms with van der Waals surface area (Å²) in [5.41, 5.74) is -0.235.